The number of halogens is 3. The molecule has 1 aromatic rings. The summed E-state index contributed by atoms with van der Waals surface area (Å²) in [6.07, 6.45) is 0. The first-order valence-electron chi connectivity index (χ1n) is 4.02. The van der Waals surface area contributed by atoms with Crippen LogP contribution in [-0.4, -0.2) is 11.5 Å². The highest BCUT2D eigenvalue weighted by Crippen LogP contribution is 2.39. The van der Waals surface area contributed by atoms with Crippen LogP contribution in [0.1, 0.15) is 5.56 Å². The largest absolute Gasteiger partial charge is 0.432 e. The number of anilines is 1. The number of hydrogen-bond donors (Lipinski definition) is 1. The van der Waals surface area contributed by atoms with Gasteiger partial charge in [0.25, 0.3) is 5.69 Å². The lowest BCUT2D eigenvalue weighted by atomic mass is 10.1. The second kappa shape index (κ2) is 4.60. The average molecular weight is 297 g/mol. The highest BCUT2D eigenvalue weighted by Gasteiger charge is 2.22. The first kappa shape index (κ1) is 12.6. The summed E-state index contributed by atoms with van der Waals surface area (Å²) >= 11 is 3.00. The fourth-order valence-corrected chi connectivity index (χ4v) is 1.52. The number of nitrogen functional groups attached to an aromatic ring is 1. The minimum Gasteiger partial charge on any atom is -0.432 e. The summed E-state index contributed by atoms with van der Waals surface area (Å²) in [5.41, 5.74) is 4.77. The summed E-state index contributed by atoms with van der Waals surface area (Å²) in [6, 6.07) is 1.14. The van der Waals surface area contributed by atoms with E-state index in [1.54, 1.807) is 0 Å². The Bertz CT molecular complexity index is 440. The maximum Gasteiger partial charge on any atom is 0.387 e. The summed E-state index contributed by atoms with van der Waals surface area (Å²) < 4.78 is 28.6. The van der Waals surface area contributed by atoms with Gasteiger partial charge in [0.1, 0.15) is 0 Å². The van der Waals surface area contributed by atoms with Crippen LogP contribution in [0.4, 0.5) is 20.2 Å². The second-order valence-corrected chi connectivity index (χ2v) is 3.74. The molecule has 0 heterocycles. The molecule has 8 heteroatoms. The van der Waals surface area contributed by atoms with Gasteiger partial charge in [-0.3, -0.25) is 10.1 Å². The van der Waals surface area contributed by atoms with Crippen molar-refractivity contribution in [2.75, 3.05) is 5.73 Å². The van der Waals surface area contributed by atoms with Gasteiger partial charge < -0.3 is 10.5 Å². The number of rotatable bonds is 3. The molecular formula is C8H7BrF2N2O3. The van der Waals surface area contributed by atoms with Gasteiger partial charge in [0.05, 0.1) is 4.92 Å². The van der Waals surface area contributed by atoms with Gasteiger partial charge in [0.2, 0.25) is 0 Å². The molecule has 0 spiro atoms. The second-order valence-electron chi connectivity index (χ2n) is 2.88. The molecule has 0 bridgehead atoms. The van der Waals surface area contributed by atoms with E-state index in [0.29, 0.717) is 0 Å². The third-order valence-electron chi connectivity index (χ3n) is 1.89. The van der Waals surface area contributed by atoms with Crippen LogP contribution in [0.2, 0.25) is 0 Å². The van der Waals surface area contributed by atoms with Crippen LogP contribution in [0.25, 0.3) is 0 Å². The van der Waals surface area contributed by atoms with E-state index in [1.165, 1.54) is 6.92 Å². The van der Waals surface area contributed by atoms with Crippen LogP contribution in [0.15, 0.2) is 10.5 Å². The molecular weight excluding hydrogens is 290 g/mol. The van der Waals surface area contributed by atoms with E-state index in [0.717, 1.165) is 6.07 Å². The first-order valence-corrected chi connectivity index (χ1v) is 4.81. The fraction of sp³-hybridized carbons (Fsp3) is 0.250. The Hall–Kier alpha value is -1.44. The van der Waals surface area contributed by atoms with Crippen molar-refractivity contribution in [2.24, 2.45) is 0 Å². The molecule has 0 unspecified atom stereocenters. The van der Waals surface area contributed by atoms with Crippen molar-refractivity contribution in [3.8, 4) is 5.75 Å². The van der Waals surface area contributed by atoms with Crippen LogP contribution >= 0.6 is 15.9 Å². The lowest BCUT2D eigenvalue weighted by Crippen LogP contribution is -2.08. The van der Waals surface area contributed by atoms with Crippen molar-refractivity contribution in [1.29, 1.82) is 0 Å². The Morgan fingerprint density at radius 1 is 1.62 bits per heavy atom. The molecule has 2 N–H and O–H groups in total. The Labute approximate surface area is 97.5 Å². The minimum absolute atomic E-state index is 0.281. The predicted molar refractivity (Wildman–Crippen MR) is 56.6 cm³/mol. The number of nitrogens with two attached hydrogens (primary N) is 1. The van der Waals surface area contributed by atoms with E-state index in [1.807, 2.05) is 0 Å². The van der Waals surface area contributed by atoms with Crippen molar-refractivity contribution in [1.82, 2.24) is 0 Å². The minimum atomic E-state index is -3.09. The Morgan fingerprint density at radius 2 is 2.19 bits per heavy atom. The number of nitro groups is 1. The van der Waals surface area contributed by atoms with Crippen LogP contribution in [0.5, 0.6) is 5.75 Å². The van der Waals surface area contributed by atoms with Crippen molar-refractivity contribution in [2.45, 2.75) is 13.5 Å². The van der Waals surface area contributed by atoms with E-state index in [2.05, 4.69) is 20.7 Å². The molecule has 0 radical (unpaired) electrons. The van der Waals surface area contributed by atoms with E-state index in [-0.39, 0.29) is 15.8 Å². The van der Waals surface area contributed by atoms with E-state index >= 15 is 0 Å². The van der Waals surface area contributed by atoms with Gasteiger partial charge in [-0.15, -0.1) is 0 Å². The molecule has 88 valence electrons. The van der Waals surface area contributed by atoms with Crippen LogP contribution < -0.4 is 10.5 Å². The number of alkyl halides is 2. The Morgan fingerprint density at radius 3 is 2.62 bits per heavy atom. The number of nitrogens with zero attached hydrogens (tertiary/aromatic N) is 1. The lowest BCUT2D eigenvalue weighted by Gasteiger charge is -2.12. The van der Waals surface area contributed by atoms with Gasteiger partial charge in [-0.2, -0.15) is 8.78 Å². The lowest BCUT2D eigenvalue weighted by molar-refractivity contribution is -0.384. The molecule has 0 aromatic heterocycles. The maximum absolute atomic E-state index is 12.1. The highest BCUT2D eigenvalue weighted by atomic mass is 79.9. The zero-order valence-electron chi connectivity index (χ0n) is 8.04. The van der Waals surface area contributed by atoms with Gasteiger partial charge in [0.15, 0.2) is 11.4 Å². The SMILES string of the molecule is Cc1c(Br)cc([N+](=O)[O-])c(N)c1OC(F)F. The van der Waals surface area contributed by atoms with Crippen LogP contribution in [-0.2, 0) is 0 Å². The molecule has 16 heavy (non-hydrogen) atoms. The topological polar surface area (TPSA) is 78.4 Å². The molecule has 5 nitrogen and oxygen atoms in total. The van der Waals surface area contributed by atoms with Crippen molar-refractivity contribution in [3.05, 3.63) is 26.2 Å². The number of ether oxygens (including phenoxy) is 1. The smallest absolute Gasteiger partial charge is 0.387 e. The van der Waals surface area contributed by atoms with Gasteiger partial charge in [-0.25, -0.2) is 0 Å². The summed E-state index contributed by atoms with van der Waals surface area (Å²) in [5.74, 6) is -0.379. The van der Waals surface area contributed by atoms with Gasteiger partial charge >= 0.3 is 6.61 Å². The third kappa shape index (κ3) is 2.38. The van der Waals surface area contributed by atoms with Gasteiger partial charge in [-0.05, 0) is 6.92 Å². The zero-order chi connectivity index (χ0) is 12.5. The summed E-state index contributed by atoms with van der Waals surface area (Å²) in [4.78, 5) is 9.82. The number of hydrogen-bond acceptors (Lipinski definition) is 4. The zero-order valence-corrected chi connectivity index (χ0v) is 9.62. The molecule has 0 saturated carbocycles. The predicted octanol–water partition coefficient (Wildman–Crippen LogP) is 2.85. The van der Waals surface area contributed by atoms with Crippen molar-refractivity contribution < 1.29 is 18.4 Å². The molecule has 0 amide bonds. The summed E-state index contributed by atoms with van der Waals surface area (Å²) in [6.45, 7) is -1.63. The third-order valence-corrected chi connectivity index (χ3v) is 2.71. The number of nitro benzene ring substituents is 1. The Balaban J connectivity index is 3.39. The summed E-state index contributed by atoms with van der Waals surface area (Å²) in [5, 5.41) is 10.6. The molecule has 0 atom stereocenters. The van der Waals surface area contributed by atoms with Crippen LogP contribution in [0, 0.1) is 17.0 Å². The van der Waals surface area contributed by atoms with Gasteiger partial charge in [0, 0.05) is 16.1 Å². The molecule has 0 aliphatic heterocycles. The van der Waals surface area contributed by atoms with Crippen LogP contribution in [0.3, 0.4) is 0 Å². The molecule has 0 aliphatic carbocycles. The highest BCUT2D eigenvalue weighted by molar-refractivity contribution is 9.10. The molecule has 0 saturated heterocycles. The van der Waals surface area contributed by atoms with E-state index < -0.39 is 22.9 Å². The molecule has 0 fully saturated rings. The first-order chi connectivity index (χ1) is 7.34. The fourth-order valence-electron chi connectivity index (χ4n) is 1.12. The summed E-state index contributed by atoms with van der Waals surface area (Å²) in [7, 11) is 0. The maximum atomic E-state index is 12.1. The molecule has 0 aliphatic rings. The Kier molecular flexibility index (Phi) is 3.63. The van der Waals surface area contributed by atoms with Crippen molar-refractivity contribution in [3.63, 3.8) is 0 Å². The van der Waals surface area contributed by atoms with Gasteiger partial charge in [-0.1, -0.05) is 15.9 Å². The number of benzene rings is 1. The standard InChI is InChI=1S/C8H7BrF2N2O3/c1-3-4(9)2-5(13(14)15)6(12)7(3)16-8(10)11/h2,8H,12H2,1H3. The molecule has 1 rings (SSSR count). The van der Waals surface area contributed by atoms with E-state index in [9.17, 15) is 18.9 Å². The van der Waals surface area contributed by atoms with Crippen molar-refractivity contribution >= 4 is 27.3 Å². The van der Waals surface area contributed by atoms with E-state index in [4.69, 9.17) is 5.73 Å². The molecule has 1 aromatic carbocycles. The monoisotopic (exact) mass is 296 g/mol. The average Bonchev–Trinajstić information content (AvgIpc) is 2.17. The quantitative estimate of drug-likeness (QED) is 0.528. The normalized spacial score (nSPS) is 10.6.